The molecule has 0 bridgehead atoms. The van der Waals surface area contributed by atoms with Gasteiger partial charge in [-0.15, -0.1) is 0 Å². The van der Waals surface area contributed by atoms with E-state index < -0.39 is 0 Å². The Balaban J connectivity index is 2.71. The first-order chi connectivity index (χ1) is 5.25. The Morgan fingerprint density at radius 1 is 1.55 bits per heavy atom. The molecule has 0 unspecified atom stereocenters. The maximum absolute atomic E-state index is 11.1. The lowest BCUT2D eigenvalue weighted by molar-refractivity contribution is 0.186. The summed E-state index contributed by atoms with van der Waals surface area (Å²) in [5, 5.41) is 0. The van der Waals surface area contributed by atoms with Gasteiger partial charge in [-0.05, 0) is 0 Å². The first-order valence-corrected chi connectivity index (χ1v) is 3.46. The summed E-state index contributed by atoms with van der Waals surface area (Å²) in [6, 6.07) is 0. The van der Waals surface area contributed by atoms with Gasteiger partial charge in [0.2, 0.25) is 0 Å². The number of hydrogen-bond donors (Lipinski definition) is 0. The van der Waals surface area contributed by atoms with Crippen molar-refractivity contribution >= 4 is 0 Å². The Morgan fingerprint density at radius 2 is 2.27 bits per heavy atom. The summed E-state index contributed by atoms with van der Waals surface area (Å²) in [7, 11) is 3.35. The van der Waals surface area contributed by atoms with E-state index in [1.165, 1.54) is 4.57 Å². The number of aryl methyl sites for hydroxylation is 1. The molecule has 62 valence electrons. The highest BCUT2D eigenvalue weighted by atomic mass is 16.5. The molecule has 0 aromatic carbocycles. The van der Waals surface area contributed by atoms with Gasteiger partial charge in [0.25, 0.3) is 0 Å². The number of rotatable bonds is 3. The molecule has 0 aliphatic heterocycles. The molecule has 0 fully saturated rings. The summed E-state index contributed by atoms with van der Waals surface area (Å²) in [5.41, 5.74) is 0.00190. The molecule has 0 aliphatic rings. The van der Waals surface area contributed by atoms with Gasteiger partial charge in [-0.25, -0.2) is 4.79 Å². The Kier molecular flexibility index (Phi) is 2.48. The smallest absolute Gasteiger partial charge is 0.327 e. The summed E-state index contributed by atoms with van der Waals surface area (Å²) in [6.07, 6.45) is 3.49. The van der Waals surface area contributed by atoms with Gasteiger partial charge in [0.05, 0.1) is 13.2 Å². The van der Waals surface area contributed by atoms with Crippen molar-refractivity contribution in [1.29, 1.82) is 0 Å². The largest absolute Gasteiger partial charge is 0.383 e. The van der Waals surface area contributed by atoms with Crippen LogP contribution in [0.4, 0.5) is 0 Å². The number of ether oxygens (including phenoxy) is 1. The van der Waals surface area contributed by atoms with Gasteiger partial charge in [-0.3, -0.25) is 4.57 Å². The Bertz CT molecular complexity index is 274. The molecule has 4 heteroatoms. The van der Waals surface area contributed by atoms with E-state index in [2.05, 4.69) is 0 Å². The van der Waals surface area contributed by atoms with Crippen molar-refractivity contribution in [3.8, 4) is 0 Å². The molecule has 0 spiro atoms. The molecule has 1 aromatic rings. The molecular formula is C7H12N2O2. The second kappa shape index (κ2) is 3.39. The minimum Gasteiger partial charge on any atom is -0.383 e. The Morgan fingerprint density at radius 3 is 2.73 bits per heavy atom. The topological polar surface area (TPSA) is 36.2 Å². The SMILES string of the molecule is COCCn1ccn(C)c1=O. The zero-order valence-electron chi connectivity index (χ0n) is 6.78. The van der Waals surface area contributed by atoms with E-state index in [1.807, 2.05) is 0 Å². The molecule has 1 aromatic heterocycles. The van der Waals surface area contributed by atoms with Crippen molar-refractivity contribution in [2.45, 2.75) is 6.54 Å². The van der Waals surface area contributed by atoms with Crippen LogP contribution in [0.3, 0.4) is 0 Å². The molecule has 0 saturated carbocycles. The van der Waals surface area contributed by atoms with Crippen LogP contribution in [0.15, 0.2) is 17.2 Å². The molecule has 4 nitrogen and oxygen atoms in total. The van der Waals surface area contributed by atoms with Crippen molar-refractivity contribution in [3.63, 3.8) is 0 Å². The molecule has 11 heavy (non-hydrogen) atoms. The summed E-state index contributed by atoms with van der Waals surface area (Å²) >= 11 is 0. The minimum absolute atomic E-state index is 0.00190. The quantitative estimate of drug-likeness (QED) is 0.609. The molecule has 1 rings (SSSR count). The molecular weight excluding hydrogens is 144 g/mol. The van der Waals surface area contributed by atoms with Gasteiger partial charge in [-0.2, -0.15) is 0 Å². The van der Waals surface area contributed by atoms with Crippen LogP contribution in [-0.4, -0.2) is 22.9 Å². The normalized spacial score (nSPS) is 10.4. The zero-order chi connectivity index (χ0) is 8.27. The van der Waals surface area contributed by atoms with E-state index in [0.29, 0.717) is 13.2 Å². The maximum Gasteiger partial charge on any atom is 0.327 e. The molecule has 1 heterocycles. The number of nitrogens with zero attached hydrogens (tertiary/aromatic N) is 2. The number of imidazole rings is 1. The molecule has 0 saturated heterocycles. The fraction of sp³-hybridized carbons (Fsp3) is 0.571. The van der Waals surface area contributed by atoms with Gasteiger partial charge in [0.15, 0.2) is 0 Å². The molecule has 0 atom stereocenters. The number of methoxy groups -OCH3 is 1. The van der Waals surface area contributed by atoms with Crippen molar-refractivity contribution < 1.29 is 4.74 Å². The van der Waals surface area contributed by atoms with Crippen LogP contribution in [0.25, 0.3) is 0 Å². The minimum atomic E-state index is 0.00190. The van der Waals surface area contributed by atoms with Gasteiger partial charge in [0, 0.05) is 26.6 Å². The maximum atomic E-state index is 11.1. The first-order valence-electron chi connectivity index (χ1n) is 3.46. The molecule has 0 radical (unpaired) electrons. The monoisotopic (exact) mass is 156 g/mol. The third kappa shape index (κ3) is 1.71. The van der Waals surface area contributed by atoms with E-state index in [9.17, 15) is 4.79 Å². The zero-order valence-corrected chi connectivity index (χ0v) is 6.78. The summed E-state index contributed by atoms with van der Waals surface area (Å²) < 4.78 is 7.99. The third-order valence-corrected chi connectivity index (χ3v) is 1.55. The lowest BCUT2D eigenvalue weighted by Gasteiger charge is -1.97. The van der Waals surface area contributed by atoms with E-state index in [-0.39, 0.29) is 5.69 Å². The molecule has 0 N–H and O–H groups in total. The first kappa shape index (κ1) is 8.07. The van der Waals surface area contributed by atoms with E-state index in [0.717, 1.165) is 0 Å². The lowest BCUT2D eigenvalue weighted by atomic mass is 10.7. The van der Waals surface area contributed by atoms with Gasteiger partial charge >= 0.3 is 5.69 Å². The van der Waals surface area contributed by atoms with Crippen LogP contribution in [0.5, 0.6) is 0 Å². The van der Waals surface area contributed by atoms with Gasteiger partial charge in [-0.1, -0.05) is 0 Å². The van der Waals surface area contributed by atoms with Crippen LogP contribution < -0.4 is 5.69 Å². The highest BCUT2D eigenvalue weighted by Crippen LogP contribution is 1.81. The van der Waals surface area contributed by atoms with Crippen LogP contribution in [0.1, 0.15) is 0 Å². The summed E-state index contributed by atoms with van der Waals surface area (Å²) in [5.74, 6) is 0. The standard InChI is InChI=1S/C7H12N2O2/c1-8-3-4-9(7(8)10)5-6-11-2/h3-4H,5-6H2,1-2H3. The van der Waals surface area contributed by atoms with E-state index >= 15 is 0 Å². The second-order valence-corrected chi connectivity index (χ2v) is 2.38. The predicted molar refractivity (Wildman–Crippen MR) is 41.5 cm³/mol. The van der Waals surface area contributed by atoms with Crippen molar-refractivity contribution in [2.75, 3.05) is 13.7 Å². The van der Waals surface area contributed by atoms with Crippen LogP contribution in [-0.2, 0) is 18.3 Å². The number of hydrogen-bond acceptors (Lipinski definition) is 2. The van der Waals surface area contributed by atoms with Crippen LogP contribution in [0.2, 0.25) is 0 Å². The summed E-state index contributed by atoms with van der Waals surface area (Å²) in [6.45, 7) is 1.19. The Labute approximate surface area is 65.0 Å². The van der Waals surface area contributed by atoms with Crippen molar-refractivity contribution in [3.05, 3.63) is 22.9 Å². The fourth-order valence-electron chi connectivity index (χ4n) is 0.870. The highest BCUT2D eigenvalue weighted by molar-refractivity contribution is 4.79. The van der Waals surface area contributed by atoms with Gasteiger partial charge < -0.3 is 9.30 Å². The summed E-state index contributed by atoms with van der Waals surface area (Å²) in [4.78, 5) is 11.1. The average molecular weight is 156 g/mol. The third-order valence-electron chi connectivity index (χ3n) is 1.55. The highest BCUT2D eigenvalue weighted by Gasteiger charge is 1.96. The fourth-order valence-corrected chi connectivity index (χ4v) is 0.870. The average Bonchev–Trinajstić information content (AvgIpc) is 2.31. The van der Waals surface area contributed by atoms with E-state index in [1.54, 1.807) is 31.1 Å². The van der Waals surface area contributed by atoms with Crippen LogP contribution >= 0.6 is 0 Å². The Hall–Kier alpha value is -1.03. The van der Waals surface area contributed by atoms with E-state index in [4.69, 9.17) is 4.74 Å². The van der Waals surface area contributed by atoms with Crippen molar-refractivity contribution in [1.82, 2.24) is 9.13 Å². The number of aromatic nitrogens is 2. The molecule has 0 amide bonds. The van der Waals surface area contributed by atoms with Crippen molar-refractivity contribution in [2.24, 2.45) is 7.05 Å². The second-order valence-electron chi connectivity index (χ2n) is 2.38. The predicted octanol–water partition coefficient (Wildman–Crippen LogP) is -0.167. The van der Waals surface area contributed by atoms with Crippen LogP contribution in [0, 0.1) is 0 Å². The van der Waals surface area contributed by atoms with Gasteiger partial charge in [0.1, 0.15) is 0 Å². The molecule has 0 aliphatic carbocycles. The lowest BCUT2D eigenvalue weighted by Crippen LogP contribution is -2.23.